The predicted molar refractivity (Wildman–Crippen MR) is 88.5 cm³/mol. The number of rotatable bonds is 6. The fourth-order valence-corrected chi connectivity index (χ4v) is 2.85. The monoisotopic (exact) mass is 318 g/mol. The Hall–Kier alpha value is -1.66. The van der Waals surface area contributed by atoms with Crippen molar-refractivity contribution in [3.05, 3.63) is 40.4 Å². The Labute approximate surface area is 136 Å². The first-order valence-corrected chi connectivity index (χ1v) is 7.94. The molecule has 0 atom stereocenters. The first-order chi connectivity index (χ1) is 10.6. The molecule has 1 aliphatic rings. The van der Waals surface area contributed by atoms with Crippen LogP contribution in [0.15, 0.2) is 24.3 Å². The third-order valence-corrected chi connectivity index (χ3v) is 4.46. The summed E-state index contributed by atoms with van der Waals surface area (Å²) in [7, 11) is 5.78. The lowest BCUT2D eigenvalue weighted by atomic mass is 10.2. The van der Waals surface area contributed by atoms with Crippen molar-refractivity contribution in [3.63, 3.8) is 0 Å². The Bertz CT molecular complexity index is 717. The molecule has 0 saturated heterocycles. The second-order valence-corrected chi connectivity index (χ2v) is 6.35. The second kappa shape index (κ2) is 6.22. The Kier molecular flexibility index (Phi) is 4.31. The molecule has 0 radical (unpaired) electrons. The summed E-state index contributed by atoms with van der Waals surface area (Å²) in [5.74, 6) is 2.62. The SMILES string of the molecule is COc1cccc(CN(C)Cn2nc(C3CC3)n(C)c2=S)c1. The van der Waals surface area contributed by atoms with Gasteiger partial charge in [-0.2, -0.15) is 5.10 Å². The van der Waals surface area contributed by atoms with Crippen LogP contribution in [0.1, 0.15) is 30.1 Å². The highest BCUT2D eigenvalue weighted by atomic mass is 32.1. The van der Waals surface area contributed by atoms with E-state index in [0.717, 1.165) is 22.9 Å². The maximum Gasteiger partial charge on any atom is 0.198 e. The van der Waals surface area contributed by atoms with Gasteiger partial charge in [0, 0.05) is 19.5 Å². The van der Waals surface area contributed by atoms with Gasteiger partial charge in [0.1, 0.15) is 11.6 Å². The van der Waals surface area contributed by atoms with Crippen LogP contribution in [-0.4, -0.2) is 33.4 Å². The molecule has 1 fully saturated rings. The van der Waals surface area contributed by atoms with Crippen molar-refractivity contribution < 1.29 is 4.74 Å². The molecule has 1 aromatic carbocycles. The summed E-state index contributed by atoms with van der Waals surface area (Å²) in [5.41, 5.74) is 1.21. The van der Waals surface area contributed by atoms with E-state index in [-0.39, 0.29) is 0 Å². The van der Waals surface area contributed by atoms with Gasteiger partial charge in [-0.3, -0.25) is 4.90 Å². The van der Waals surface area contributed by atoms with E-state index < -0.39 is 0 Å². The van der Waals surface area contributed by atoms with Gasteiger partial charge in [-0.05, 0) is 49.8 Å². The van der Waals surface area contributed by atoms with Crippen molar-refractivity contribution in [2.24, 2.45) is 7.05 Å². The number of hydrogen-bond acceptors (Lipinski definition) is 4. The van der Waals surface area contributed by atoms with Crippen LogP contribution in [0.5, 0.6) is 5.75 Å². The highest BCUT2D eigenvalue weighted by molar-refractivity contribution is 7.71. The molecule has 0 amide bonds. The van der Waals surface area contributed by atoms with Crippen LogP contribution in [0.4, 0.5) is 0 Å². The molecule has 0 unspecified atom stereocenters. The molecule has 0 N–H and O–H groups in total. The van der Waals surface area contributed by atoms with Crippen molar-refractivity contribution in [1.29, 1.82) is 0 Å². The van der Waals surface area contributed by atoms with E-state index in [4.69, 9.17) is 22.1 Å². The van der Waals surface area contributed by atoms with E-state index in [1.807, 2.05) is 28.4 Å². The van der Waals surface area contributed by atoms with E-state index in [0.29, 0.717) is 12.6 Å². The number of aromatic nitrogens is 3. The standard InChI is InChI=1S/C16H22N4OS/c1-18(10-12-5-4-6-14(9-12)21-3)11-20-16(22)19(2)15(17-20)13-7-8-13/h4-6,9,13H,7-8,10-11H2,1-3H3. The molecule has 6 heteroatoms. The van der Waals surface area contributed by atoms with Gasteiger partial charge in [0.05, 0.1) is 13.8 Å². The van der Waals surface area contributed by atoms with Gasteiger partial charge in [-0.1, -0.05) is 12.1 Å². The Morgan fingerprint density at radius 3 is 2.86 bits per heavy atom. The minimum Gasteiger partial charge on any atom is -0.497 e. The Morgan fingerprint density at radius 1 is 1.41 bits per heavy atom. The van der Waals surface area contributed by atoms with E-state index in [9.17, 15) is 0 Å². The van der Waals surface area contributed by atoms with Gasteiger partial charge >= 0.3 is 0 Å². The number of ether oxygens (including phenoxy) is 1. The van der Waals surface area contributed by atoms with Gasteiger partial charge in [0.15, 0.2) is 4.77 Å². The first-order valence-electron chi connectivity index (χ1n) is 7.53. The fraction of sp³-hybridized carbons (Fsp3) is 0.500. The summed E-state index contributed by atoms with van der Waals surface area (Å²) < 4.78 is 10.0. The number of hydrogen-bond donors (Lipinski definition) is 0. The van der Waals surface area contributed by atoms with Gasteiger partial charge in [-0.25, -0.2) is 4.68 Å². The average molecular weight is 318 g/mol. The summed E-state index contributed by atoms with van der Waals surface area (Å²) in [4.78, 5) is 2.20. The molecule has 0 aliphatic heterocycles. The minimum atomic E-state index is 0.608. The van der Waals surface area contributed by atoms with Crippen molar-refractivity contribution in [1.82, 2.24) is 19.2 Å². The quantitative estimate of drug-likeness (QED) is 0.767. The zero-order valence-corrected chi connectivity index (χ0v) is 14.1. The van der Waals surface area contributed by atoms with Crippen LogP contribution in [0.3, 0.4) is 0 Å². The van der Waals surface area contributed by atoms with Crippen LogP contribution in [0.25, 0.3) is 0 Å². The molecule has 1 saturated carbocycles. The summed E-state index contributed by atoms with van der Waals surface area (Å²) in [5, 5.41) is 4.70. The summed E-state index contributed by atoms with van der Waals surface area (Å²) in [6.07, 6.45) is 2.47. The second-order valence-electron chi connectivity index (χ2n) is 5.98. The molecule has 1 aromatic heterocycles. The van der Waals surface area contributed by atoms with Crippen molar-refractivity contribution in [2.45, 2.75) is 32.0 Å². The molecule has 3 rings (SSSR count). The third kappa shape index (κ3) is 3.23. The van der Waals surface area contributed by atoms with Gasteiger partial charge in [0.2, 0.25) is 0 Å². The molecule has 22 heavy (non-hydrogen) atoms. The summed E-state index contributed by atoms with van der Waals surface area (Å²) in [6, 6.07) is 8.13. The molecule has 0 spiro atoms. The molecule has 2 aromatic rings. The topological polar surface area (TPSA) is 35.2 Å². The highest BCUT2D eigenvalue weighted by Gasteiger charge is 2.29. The third-order valence-electron chi connectivity index (χ3n) is 3.98. The van der Waals surface area contributed by atoms with Gasteiger partial charge in [-0.15, -0.1) is 0 Å². The van der Waals surface area contributed by atoms with E-state index in [1.54, 1.807) is 7.11 Å². The molecule has 0 bridgehead atoms. The molecule has 1 aliphatic carbocycles. The smallest absolute Gasteiger partial charge is 0.198 e. The highest BCUT2D eigenvalue weighted by Crippen LogP contribution is 2.38. The lowest BCUT2D eigenvalue weighted by molar-refractivity contribution is 0.243. The van der Waals surface area contributed by atoms with Crippen LogP contribution in [-0.2, 0) is 20.3 Å². The lowest BCUT2D eigenvalue weighted by Crippen LogP contribution is -2.22. The number of methoxy groups -OCH3 is 1. The van der Waals surface area contributed by atoms with E-state index in [1.165, 1.54) is 18.4 Å². The zero-order chi connectivity index (χ0) is 15.7. The van der Waals surface area contributed by atoms with Crippen LogP contribution < -0.4 is 4.74 Å². The molecular weight excluding hydrogens is 296 g/mol. The Morgan fingerprint density at radius 2 is 2.18 bits per heavy atom. The molecule has 1 heterocycles. The van der Waals surface area contributed by atoms with E-state index >= 15 is 0 Å². The fourth-order valence-electron chi connectivity index (χ4n) is 2.65. The molecule has 118 valence electrons. The summed E-state index contributed by atoms with van der Waals surface area (Å²) in [6.45, 7) is 1.52. The van der Waals surface area contributed by atoms with Gasteiger partial charge < -0.3 is 9.30 Å². The predicted octanol–water partition coefficient (Wildman–Crippen LogP) is 2.93. The maximum atomic E-state index is 5.50. The lowest BCUT2D eigenvalue weighted by Gasteiger charge is -2.16. The Balaban J connectivity index is 1.70. The number of nitrogens with zero attached hydrogens (tertiary/aromatic N) is 4. The van der Waals surface area contributed by atoms with Crippen molar-refractivity contribution >= 4 is 12.2 Å². The first kappa shape index (κ1) is 15.2. The molecule has 5 nitrogen and oxygen atoms in total. The van der Waals surface area contributed by atoms with Gasteiger partial charge in [0.25, 0.3) is 0 Å². The van der Waals surface area contributed by atoms with Crippen LogP contribution in [0.2, 0.25) is 0 Å². The number of benzene rings is 1. The van der Waals surface area contributed by atoms with Crippen molar-refractivity contribution in [2.75, 3.05) is 14.2 Å². The van der Waals surface area contributed by atoms with E-state index in [2.05, 4.69) is 24.1 Å². The zero-order valence-electron chi connectivity index (χ0n) is 13.3. The minimum absolute atomic E-state index is 0.608. The molecular formula is C16H22N4OS. The van der Waals surface area contributed by atoms with Crippen LogP contribution in [0, 0.1) is 4.77 Å². The van der Waals surface area contributed by atoms with Crippen molar-refractivity contribution in [3.8, 4) is 5.75 Å². The van der Waals surface area contributed by atoms with Crippen LogP contribution >= 0.6 is 12.2 Å². The normalized spacial score (nSPS) is 14.5. The average Bonchev–Trinajstić information content (AvgIpc) is 3.31. The maximum absolute atomic E-state index is 5.50. The summed E-state index contributed by atoms with van der Waals surface area (Å²) >= 11 is 5.50. The largest absolute Gasteiger partial charge is 0.497 e.